The maximum atomic E-state index is 12.1. The number of benzene rings is 1. The molecule has 0 aliphatic heterocycles. The zero-order valence-corrected chi connectivity index (χ0v) is 14.9. The molecule has 0 bridgehead atoms. The molecule has 0 aliphatic carbocycles. The molecule has 9 heteroatoms. The zero-order valence-electron chi connectivity index (χ0n) is 12.6. The van der Waals surface area contributed by atoms with Gasteiger partial charge in [0, 0.05) is 17.4 Å². The van der Waals surface area contributed by atoms with E-state index in [1.54, 1.807) is 42.6 Å². The lowest BCUT2D eigenvalue weighted by atomic mass is 10.3. The summed E-state index contributed by atoms with van der Waals surface area (Å²) in [7, 11) is 0. The molecule has 0 aliphatic rings. The predicted octanol–water partition coefficient (Wildman–Crippen LogP) is 4.53. The van der Waals surface area contributed by atoms with Crippen LogP contribution in [0.2, 0.25) is 15.1 Å². The minimum Gasteiger partial charge on any atom is -0.470 e. The smallest absolute Gasteiger partial charge is 0.277 e. The number of ether oxygens (including phenoxy) is 1. The fraction of sp³-hybridized carbons (Fsp3) is 0.0625. The summed E-state index contributed by atoms with van der Waals surface area (Å²) in [5, 5.41) is 8.17. The Kier molecular flexibility index (Phi) is 5.43. The Hall–Kier alpha value is -2.28. The third kappa shape index (κ3) is 4.63. The van der Waals surface area contributed by atoms with E-state index in [-0.39, 0.29) is 12.4 Å². The summed E-state index contributed by atoms with van der Waals surface area (Å²) in [6.45, 7) is 0.0911. The minimum atomic E-state index is -0.391. The number of anilines is 1. The first-order valence-corrected chi connectivity index (χ1v) is 8.19. The van der Waals surface area contributed by atoms with E-state index in [1.165, 1.54) is 10.9 Å². The average Bonchev–Trinajstić information content (AvgIpc) is 3.05. The first-order chi connectivity index (χ1) is 12.0. The van der Waals surface area contributed by atoms with Gasteiger partial charge in [0.25, 0.3) is 5.91 Å². The lowest BCUT2D eigenvalue weighted by molar-refractivity contribution is 0.102. The van der Waals surface area contributed by atoms with E-state index in [0.29, 0.717) is 26.6 Å². The maximum Gasteiger partial charge on any atom is 0.277 e. The summed E-state index contributed by atoms with van der Waals surface area (Å²) in [6.07, 6.45) is 3.06. The fourth-order valence-electron chi connectivity index (χ4n) is 1.91. The van der Waals surface area contributed by atoms with Crippen LogP contribution in [0.25, 0.3) is 0 Å². The van der Waals surface area contributed by atoms with Crippen LogP contribution < -0.4 is 10.1 Å². The fourth-order valence-corrected chi connectivity index (χ4v) is 2.49. The van der Waals surface area contributed by atoms with Gasteiger partial charge < -0.3 is 10.1 Å². The molecular weight excluding hydrogens is 387 g/mol. The molecule has 0 saturated heterocycles. The predicted molar refractivity (Wildman–Crippen MR) is 96.5 cm³/mol. The Morgan fingerprint density at radius 3 is 2.64 bits per heavy atom. The van der Waals surface area contributed by atoms with E-state index in [4.69, 9.17) is 39.5 Å². The van der Waals surface area contributed by atoms with Crippen molar-refractivity contribution in [3.8, 4) is 5.75 Å². The highest BCUT2D eigenvalue weighted by molar-refractivity contribution is 6.35. The maximum absolute atomic E-state index is 12.1. The number of rotatable bonds is 5. The van der Waals surface area contributed by atoms with E-state index in [9.17, 15) is 4.79 Å². The number of carbonyl (C=O) groups is 1. The van der Waals surface area contributed by atoms with Crippen molar-refractivity contribution in [3.05, 3.63) is 69.6 Å². The van der Waals surface area contributed by atoms with Crippen molar-refractivity contribution in [3.63, 3.8) is 0 Å². The Morgan fingerprint density at radius 1 is 1.12 bits per heavy atom. The van der Waals surface area contributed by atoms with Crippen molar-refractivity contribution in [1.82, 2.24) is 14.8 Å². The summed E-state index contributed by atoms with van der Waals surface area (Å²) in [5.41, 5.74) is 0.225. The Bertz CT molecular complexity index is 897. The molecule has 128 valence electrons. The molecule has 25 heavy (non-hydrogen) atoms. The van der Waals surface area contributed by atoms with E-state index in [0.717, 1.165) is 0 Å². The van der Waals surface area contributed by atoms with Gasteiger partial charge in [-0.25, -0.2) is 9.67 Å². The summed E-state index contributed by atoms with van der Waals surface area (Å²) in [6, 6.07) is 9.71. The number of hydrogen-bond donors (Lipinski definition) is 1. The van der Waals surface area contributed by atoms with Gasteiger partial charge in [0.1, 0.15) is 11.6 Å². The van der Waals surface area contributed by atoms with Gasteiger partial charge in [-0.3, -0.25) is 4.79 Å². The van der Waals surface area contributed by atoms with Crippen LogP contribution in [0.5, 0.6) is 5.75 Å². The molecule has 3 aromatic rings. The van der Waals surface area contributed by atoms with Crippen LogP contribution in [0.15, 0.2) is 48.8 Å². The summed E-state index contributed by atoms with van der Waals surface area (Å²) < 4.78 is 7.02. The quantitative estimate of drug-likeness (QED) is 0.687. The number of halogens is 3. The lowest BCUT2D eigenvalue weighted by Gasteiger charge is -2.08. The van der Waals surface area contributed by atoms with Gasteiger partial charge in [0.2, 0.25) is 0 Å². The Labute approximate surface area is 158 Å². The second kappa shape index (κ2) is 7.74. The van der Waals surface area contributed by atoms with Crippen LogP contribution in [0.4, 0.5) is 5.82 Å². The number of nitrogens with zero attached hydrogens (tertiary/aromatic N) is 3. The van der Waals surface area contributed by atoms with Gasteiger partial charge in [-0.2, -0.15) is 5.10 Å². The largest absolute Gasteiger partial charge is 0.470 e. The number of hydrogen-bond acceptors (Lipinski definition) is 4. The molecule has 0 unspecified atom stereocenters. The van der Waals surface area contributed by atoms with Gasteiger partial charge in [-0.1, -0.05) is 34.8 Å². The van der Waals surface area contributed by atoms with Crippen molar-refractivity contribution in [2.75, 3.05) is 5.32 Å². The van der Waals surface area contributed by atoms with Crippen molar-refractivity contribution < 1.29 is 9.53 Å². The highest BCUT2D eigenvalue weighted by Crippen LogP contribution is 2.27. The van der Waals surface area contributed by atoms with Crippen molar-refractivity contribution in [2.24, 2.45) is 0 Å². The molecule has 0 radical (unpaired) electrons. The van der Waals surface area contributed by atoms with E-state index < -0.39 is 5.91 Å². The number of aromatic nitrogens is 3. The number of pyridine rings is 1. The molecular formula is C16H11Cl3N4O2. The molecule has 2 heterocycles. The first-order valence-electron chi connectivity index (χ1n) is 7.05. The molecule has 1 aromatic carbocycles. The van der Waals surface area contributed by atoms with Gasteiger partial charge in [0.05, 0.1) is 10.0 Å². The average molecular weight is 398 g/mol. The summed E-state index contributed by atoms with van der Waals surface area (Å²) >= 11 is 17.6. The summed E-state index contributed by atoms with van der Waals surface area (Å²) in [5.74, 6) is 0.462. The Morgan fingerprint density at radius 2 is 1.92 bits per heavy atom. The van der Waals surface area contributed by atoms with Crippen LogP contribution in [-0.2, 0) is 6.73 Å². The molecule has 0 spiro atoms. The van der Waals surface area contributed by atoms with Crippen LogP contribution in [0.1, 0.15) is 10.5 Å². The number of carbonyl (C=O) groups excluding carboxylic acids is 1. The molecule has 0 atom stereocenters. The Balaban J connectivity index is 1.61. The third-order valence-corrected chi connectivity index (χ3v) is 3.84. The standard InChI is InChI=1S/C16H11Cl3N4O2/c17-10-1-3-14(12(19)7-10)25-9-23-6-5-13(22-23)16(24)21-15-4-2-11(18)8-20-15/h1-8H,9H2,(H,20,21,24). The molecule has 3 rings (SSSR count). The van der Waals surface area contributed by atoms with E-state index in [1.807, 2.05) is 0 Å². The molecule has 0 fully saturated rings. The van der Waals surface area contributed by atoms with Gasteiger partial charge in [0.15, 0.2) is 12.4 Å². The van der Waals surface area contributed by atoms with Crippen molar-refractivity contribution in [2.45, 2.75) is 6.73 Å². The summed E-state index contributed by atoms with van der Waals surface area (Å²) in [4.78, 5) is 16.1. The van der Waals surface area contributed by atoms with Crippen LogP contribution in [0.3, 0.4) is 0 Å². The van der Waals surface area contributed by atoms with Gasteiger partial charge >= 0.3 is 0 Å². The second-order valence-corrected chi connectivity index (χ2v) is 6.18. The third-order valence-electron chi connectivity index (χ3n) is 3.09. The molecule has 1 amide bonds. The topological polar surface area (TPSA) is 69.0 Å². The van der Waals surface area contributed by atoms with E-state index in [2.05, 4.69) is 15.4 Å². The van der Waals surface area contributed by atoms with Gasteiger partial charge in [-0.05, 0) is 36.4 Å². The monoisotopic (exact) mass is 396 g/mol. The van der Waals surface area contributed by atoms with Crippen molar-refractivity contribution >= 4 is 46.5 Å². The SMILES string of the molecule is O=C(Nc1ccc(Cl)cn1)c1ccn(COc2ccc(Cl)cc2Cl)n1. The highest BCUT2D eigenvalue weighted by Gasteiger charge is 2.11. The van der Waals surface area contributed by atoms with Gasteiger partial charge in [-0.15, -0.1) is 0 Å². The van der Waals surface area contributed by atoms with Crippen LogP contribution >= 0.6 is 34.8 Å². The van der Waals surface area contributed by atoms with Crippen LogP contribution in [-0.4, -0.2) is 20.7 Å². The molecule has 6 nitrogen and oxygen atoms in total. The molecule has 1 N–H and O–H groups in total. The van der Waals surface area contributed by atoms with Crippen LogP contribution in [0, 0.1) is 0 Å². The first kappa shape index (κ1) is 17.5. The normalized spacial score (nSPS) is 10.5. The lowest BCUT2D eigenvalue weighted by Crippen LogP contribution is -2.15. The highest BCUT2D eigenvalue weighted by atomic mass is 35.5. The zero-order chi connectivity index (χ0) is 17.8. The second-order valence-electron chi connectivity index (χ2n) is 4.90. The number of amides is 1. The number of nitrogens with one attached hydrogen (secondary N) is 1. The molecule has 2 aromatic heterocycles. The molecule has 0 saturated carbocycles. The minimum absolute atomic E-state index is 0.0911. The van der Waals surface area contributed by atoms with Crippen molar-refractivity contribution in [1.29, 1.82) is 0 Å². The van der Waals surface area contributed by atoms with E-state index >= 15 is 0 Å².